The van der Waals surface area contributed by atoms with Crippen LogP contribution in [0.4, 0.5) is 0 Å². The van der Waals surface area contributed by atoms with Crippen molar-refractivity contribution in [3.05, 3.63) is 40.9 Å². The number of hydrogen-bond donors (Lipinski definition) is 0. The fourth-order valence-electron chi connectivity index (χ4n) is 1.24. The van der Waals surface area contributed by atoms with E-state index < -0.39 is 5.97 Å². The highest BCUT2D eigenvalue weighted by molar-refractivity contribution is 6.34. The molecule has 0 aliphatic heterocycles. The van der Waals surface area contributed by atoms with Gasteiger partial charge in [0.1, 0.15) is 0 Å². The van der Waals surface area contributed by atoms with Crippen molar-refractivity contribution in [1.29, 1.82) is 5.26 Å². The van der Waals surface area contributed by atoms with Gasteiger partial charge in [0.25, 0.3) is 0 Å². The lowest BCUT2D eigenvalue weighted by Crippen LogP contribution is -2.07. The maximum absolute atomic E-state index is 11.5. The van der Waals surface area contributed by atoms with E-state index in [1.165, 1.54) is 0 Å². The first kappa shape index (κ1) is 12.3. The van der Waals surface area contributed by atoms with Gasteiger partial charge in [-0.25, -0.2) is 4.79 Å². The maximum atomic E-state index is 11.5. The van der Waals surface area contributed by atoms with Crippen LogP contribution in [0.5, 0.6) is 0 Å². The normalized spacial score (nSPS) is 9.31. The minimum Gasteiger partial charge on any atom is -0.462 e. The number of esters is 1. The minimum absolute atomic E-state index is 0.101. The lowest BCUT2D eigenvalue weighted by molar-refractivity contribution is -0.136. The molecule has 0 aliphatic rings. The topological polar surface area (TPSA) is 50.1 Å². The van der Waals surface area contributed by atoms with Crippen LogP contribution in [-0.4, -0.2) is 12.6 Å². The van der Waals surface area contributed by atoms with E-state index in [-0.39, 0.29) is 12.2 Å². The van der Waals surface area contributed by atoms with E-state index in [9.17, 15) is 4.79 Å². The second-order valence-corrected chi connectivity index (χ2v) is 3.38. The summed E-state index contributed by atoms with van der Waals surface area (Å²) < 4.78 is 4.81. The van der Waals surface area contributed by atoms with Crippen LogP contribution in [0, 0.1) is 11.3 Å². The number of halogens is 1. The molecule has 0 amide bonds. The molecule has 82 valence electrons. The SMILES string of the molecule is C=C(C(=O)OCC)c1c(Cl)cccc1C#N. The molecule has 0 saturated carbocycles. The average molecular weight is 236 g/mol. The van der Waals surface area contributed by atoms with Crippen LogP contribution in [0.25, 0.3) is 5.57 Å². The van der Waals surface area contributed by atoms with Crippen molar-refractivity contribution >= 4 is 23.1 Å². The second-order valence-electron chi connectivity index (χ2n) is 2.97. The summed E-state index contributed by atoms with van der Waals surface area (Å²) >= 11 is 5.93. The van der Waals surface area contributed by atoms with E-state index in [4.69, 9.17) is 21.6 Å². The molecule has 0 atom stereocenters. The molecule has 4 heteroatoms. The molecule has 1 aromatic rings. The monoisotopic (exact) mass is 235 g/mol. The third-order valence-corrected chi connectivity index (χ3v) is 2.27. The Morgan fingerprint density at radius 1 is 1.62 bits per heavy atom. The Labute approximate surface area is 98.9 Å². The van der Waals surface area contributed by atoms with E-state index in [2.05, 4.69) is 6.58 Å². The van der Waals surface area contributed by atoms with E-state index in [1.54, 1.807) is 25.1 Å². The third kappa shape index (κ3) is 2.41. The van der Waals surface area contributed by atoms with Gasteiger partial charge in [-0.1, -0.05) is 24.2 Å². The molecular formula is C12H10ClNO2. The van der Waals surface area contributed by atoms with Crippen LogP contribution in [0.1, 0.15) is 18.1 Å². The van der Waals surface area contributed by atoms with E-state index in [0.29, 0.717) is 16.1 Å². The number of carbonyl (C=O) groups excluding carboxylic acids is 1. The van der Waals surface area contributed by atoms with Crippen molar-refractivity contribution in [2.24, 2.45) is 0 Å². The summed E-state index contributed by atoms with van der Waals surface area (Å²) in [5.74, 6) is -0.563. The summed E-state index contributed by atoms with van der Waals surface area (Å²) in [5.41, 5.74) is 0.750. The van der Waals surface area contributed by atoms with Gasteiger partial charge in [0, 0.05) is 10.6 Å². The van der Waals surface area contributed by atoms with Crippen molar-refractivity contribution in [3.63, 3.8) is 0 Å². The van der Waals surface area contributed by atoms with Gasteiger partial charge in [-0.3, -0.25) is 0 Å². The molecule has 0 radical (unpaired) electrons. The fourth-order valence-corrected chi connectivity index (χ4v) is 1.53. The smallest absolute Gasteiger partial charge is 0.338 e. The summed E-state index contributed by atoms with van der Waals surface area (Å²) in [6.07, 6.45) is 0. The number of ether oxygens (including phenoxy) is 1. The summed E-state index contributed by atoms with van der Waals surface area (Å²) in [6.45, 7) is 5.55. The van der Waals surface area contributed by atoms with E-state index in [0.717, 1.165) is 0 Å². The highest BCUT2D eigenvalue weighted by Gasteiger charge is 2.17. The molecule has 0 aromatic heterocycles. The first-order chi connectivity index (χ1) is 7.61. The predicted octanol–water partition coefficient (Wildman–Crippen LogP) is 2.79. The van der Waals surface area contributed by atoms with Gasteiger partial charge >= 0.3 is 5.97 Å². The van der Waals surface area contributed by atoms with Crippen LogP contribution < -0.4 is 0 Å². The first-order valence-corrected chi connectivity index (χ1v) is 5.04. The molecule has 0 aliphatic carbocycles. The molecule has 16 heavy (non-hydrogen) atoms. The van der Waals surface area contributed by atoms with Gasteiger partial charge in [0.05, 0.1) is 23.8 Å². The summed E-state index contributed by atoms with van der Waals surface area (Å²) in [5, 5.41) is 9.22. The van der Waals surface area contributed by atoms with Crippen LogP contribution in [0.2, 0.25) is 5.02 Å². The Kier molecular flexibility index (Phi) is 4.10. The molecule has 0 fully saturated rings. The van der Waals surface area contributed by atoms with Gasteiger partial charge in [0.2, 0.25) is 0 Å². The summed E-state index contributed by atoms with van der Waals surface area (Å²) in [6, 6.07) is 6.78. The highest BCUT2D eigenvalue weighted by atomic mass is 35.5. The number of carbonyl (C=O) groups is 1. The number of benzene rings is 1. The van der Waals surface area contributed by atoms with Crippen molar-refractivity contribution in [3.8, 4) is 6.07 Å². The first-order valence-electron chi connectivity index (χ1n) is 4.66. The Morgan fingerprint density at radius 2 is 2.31 bits per heavy atom. The zero-order valence-corrected chi connectivity index (χ0v) is 9.54. The zero-order chi connectivity index (χ0) is 12.1. The van der Waals surface area contributed by atoms with Gasteiger partial charge in [-0.05, 0) is 19.1 Å². The zero-order valence-electron chi connectivity index (χ0n) is 8.79. The lowest BCUT2D eigenvalue weighted by Gasteiger charge is -2.08. The van der Waals surface area contributed by atoms with Crippen molar-refractivity contribution in [2.45, 2.75) is 6.92 Å². The Bertz CT molecular complexity index is 474. The standard InChI is InChI=1S/C12H10ClNO2/c1-3-16-12(15)8(2)11-9(7-14)5-4-6-10(11)13/h4-6H,2-3H2,1H3. The van der Waals surface area contributed by atoms with Crippen molar-refractivity contribution < 1.29 is 9.53 Å². The van der Waals surface area contributed by atoms with Gasteiger partial charge in [-0.15, -0.1) is 0 Å². The van der Waals surface area contributed by atoms with Crippen LogP contribution in [0.15, 0.2) is 24.8 Å². The Balaban J connectivity index is 3.18. The van der Waals surface area contributed by atoms with Crippen molar-refractivity contribution in [1.82, 2.24) is 0 Å². The van der Waals surface area contributed by atoms with Crippen LogP contribution in [0.3, 0.4) is 0 Å². The molecule has 0 bridgehead atoms. The largest absolute Gasteiger partial charge is 0.462 e. The number of nitriles is 1. The number of rotatable bonds is 3. The predicted molar refractivity (Wildman–Crippen MR) is 61.8 cm³/mol. The third-order valence-electron chi connectivity index (χ3n) is 1.96. The molecule has 0 unspecified atom stereocenters. The van der Waals surface area contributed by atoms with E-state index in [1.807, 2.05) is 6.07 Å². The number of nitrogens with zero attached hydrogens (tertiary/aromatic N) is 1. The molecule has 0 N–H and O–H groups in total. The van der Waals surface area contributed by atoms with Crippen LogP contribution >= 0.6 is 11.6 Å². The fraction of sp³-hybridized carbons (Fsp3) is 0.167. The van der Waals surface area contributed by atoms with Gasteiger partial charge in [-0.2, -0.15) is 5.26 Å². The Morgan fingerprint density at radius 3 is 2.88 bits per heavy atom. The molecular weight excluding hydrogens is 226 g/mol. The quantitative estimate of drug-likeness (QED) is 0.598. The van der Waals surface area contributed by atoms with Crippen LogP contribution in [-0.2, 0) is 9.53 Å². The Hall–Kier alpha value is -1.79. The van der Waals surface area contributed by atoms with Gasteiger partial charge in [0.15, 0.2) is 0 Å². The molecule has 0 heterocycles. The second kappa shape index (κ2) is 5.34. The molecule has 1 aromatic carbocycles. The molecule has 3 nitrogen and oxygen atoms in total. The minimum atomic E-state index is -0.563. The van der Waals surface area contributed by atoms with Gasteiger partial charge < -0.3 is 4.74 Å². The highest BCUT2D eigenvalue weighted by Crippen LogP contribution is 2.27. The molecule has 0 saturated heterocycles. The lowest BCUT2D eigenvalue weighted by atomic mass is 10.0. The van der Waals surface area contributed by atoms with Crippen molar-refractivity contribution in [2.75, 3.05) is 6.61 Å². The summed E-state index contributed by atoms with van der Waals surface area (Å²) in [4.78, 5) is 11.5. The average Bonchev–Trinajstić information content (AvgIpc) is 2.28. The maximum Gasteiger partial charge on any atom is 0.338 e. The van der Waals surface area contributed by atoms with E-state index >= 15 is 0 Å². The molecule has 1 rings (SSSR count). The summed E-state index contributed by atoms with van der Waals surface area (Å²) in [7, 11) is 0. The molecule has 0 spiro atoms. The number of hydrogen-bond acceptors (Lipinski definition) is 3.